The lowest BCUT2D eigenvalue weighted by Gasteiger charge is -2.34. The van der Waals surface area contributed by atoms with Crippen molar-refractivity contribution < 1.29 is 27.5 Å². The third kappa shape index (κ3) is 9.54. The van der Waals surface area contributed by atoms with Gasteiger partial charge < -0.3 is 19.7 Å². The van der Waals surface area contributed by atoms with Crippen molar-refractivity contribution >= 4 is 39.3 Å². The van der Waals surface area contributed by atoms with Crippen LogP contribution in [0.5, 0.6) is 11.5 Å². The van der Waals surface area contributed by atoms with E-state index in [4.69, 9.17) is 9.47 Å². The Labute approximate surface area is 288 Å². The van der Waals surface area contributed by atoms with Crippen LogP contribution in [0, 0.1) is 0 Å². The van der Waals surface area contributed by atoms with Crippen LogP contribution < -0.4 is 19.1 Å². The highest BCUT2D eigenvalue weighted by Crippen LogP contribution is 2.28. The molecule has 4 rings (SSSR count). The zero-order valence-corrected chi connectivity index (χ0v) is 29.6. The molecule has 11 heteroatoms. The van der Waals surface area contributed by atoms with Crippen LogP contribution in [-0.4, -0.2) is 63.7 Å². The van der Waals surface area contributed by atoms with Gasteiger partial charge in [0.1, 0.15) is 24.1 Å². The third-order valence-electron chi connectivity index (χ3n) is 7.55. The average molecular weight is 690 g/mol. The van der Waals surface area contributed by atoms with Gasteiger partial charge in [-0.1, -0.05) is 42.5 Å². The van der Waals surface area contributed by atoms with E-state index in [9.17, 15) is 18.0 Å². The van der Waals surface area contributed by atoms with Gasteiger partial charge in [0.25, 0.3) is 10.0 Å². The number of thioether (sulfide) groups is 1. The molecule has 0 unspecified atom stereocenters. The molecule has 0 radical (unpaired) electrons. The zero-order valence-electron chi connectivity index (χ0n) is 28.0. The summed E-state index contributed by atoms with van der Waals surface area (Å²) in [5, 5.41) is 2.97. The number of nitrogens with one attached hydrogen (secondary N) is 1. The molecular formula is C37H43N3O6S2. The number of methoxy groups -OCH3 is 1. The van der Waals surface area contributed by atoms with Crippen molar-refractivity contribution in [3.05, 3.63) is 114 Å². The van der Waals surface area contributed by atoms with Crippen LogP contribution in [-0.2, 0) is 32.6 Å². The fourth-order valence-corrected chi connectivity index (χ4v) is 7.00. The molecule has 1 N–H and O–H groups in total. The number of benzene rings is 4. The first-order valence-corrected chi connectivity index (χ1v) is 18.4. The predicted octanol–water partition coefficient (Wildman–Crippen LogP) is 6.18. The van der Waals surface area contributed by atoms with Crippen molar-refractivity contribution in [3.63, 3.8) is 0 Å². The molecule has 0 saturated carbocycles. The van der Waals surface area contributed by atoms with E-state index in [1.165, 1.54) is 28.8 Å². The van der Waals surface area contributed by atoms with Crippen molar-refractivity contribution in [2.24, 2.45) is 0 Å². The summed E-state index contributed by atoms with van der Waals surface area (Å²) >= 11 is 1.50. The van der Waals surface area contributed by atoms with Crippen molar-refractivity contribution in [2.75, 3.05) is 30.8 Å². The van der Waals surface area contributed by atoms with Crippen LogP contribution in [0.15, 0.2) is 113 Å². The second kappa shape index (κ2) is 17.1. The number of ether oxygens (including phenoxy) is 2. The number of carbonyl (C=O) groups excluding carboxylic acids is 2. The monoisotopic (exact) mass is 689 g/mol. The van der Waals surface area contributed by atoms with Gasteiger partial charge in [0.15, 0.2) is 0 Å². The molecule has 0 saturated heterocycles. The third-order valence-corrected chi connectivity index (χ3v) is 10.1. The van der Waals surface area contributed by atoms with Gasteiger partial charge in [-0.05, 0) is 98.8 Å². The molecule has 0 fully saturated rings. The minimum absolute atomic E-state index is 0.0403. The minimum atomic E-state index is -4.22. The second-order valence-corrected chi connectivity index (χ2v) is 14.1. The molecule has 2 amide bonds. The Morgan fingerprint density at radius 1 is 0.854 bits per heavy atom. The maximum absolute atomic E-state index is 14.6. The number of rotatable bonds is 16. The highest BCUT2D eigenvalue weighted by Gasteiger charge is 2.35. The maximum Gasteiger partial charge on any atom is 0.264 e. The Kier molecular flexibility index (Phi) is 12.9. The van der Waals surface area contributed by atoms with Gasteiger partial charge in [0.05, 0.1) is 24.3 Å². The highest BCUT2D eigenvalue weighted by atomic mass is 32.2. The van der Waals surface area contributed by atoms with Crippen LogP contribution in [0.2, 0.25) is 0 Å². The van der Waals surface area contributed by atoms with E-state index < -0.39 is 28.5 Å². The number of carbonyl (C=O) groups is 2. The van der Waals surface area contributed by atoms with Crippen molar-refractivity contribution in [1.29, 1.82) is 0 Å². The van der Waals surface area contributed by atoms with Gasteiger partial charge in [-0.25, -0.2) is 8.42 Å². The van der Waals surface area contributed by atoms with E-state index in [1.54, 1.807) is 55.6 Å². The van der Waals surface area contributed by atoms with Crippen molar-refractivity contribution in [2.45, 2.75) is 55.6 Å². The van der Waals surface area contributed by atoms with Gasteiger partial charge in [-0.2, -0.15) is 0 Å². The van der Waals surface area contributed by atoms with Gasteiger partial charge >= 0.3 is 0 Å². The first-order valence-electron chi connectivity index (χ1n) is 15.7. The Hall–Kier alpha value is -4.48. The first kappa shape index (κ1) is 36.4. The minimum Gasteiger partial charge on any atom is -0.497 e. The lowest BCUT2D eigenvalue weighted by Crippen LogP contribution is -2.54. The second-order valence-electron chi connectivity index (χ2n) is 11.4. The number of hydrogen-bond acceptors (Lipinski definition) is 7. The summed E-state index contributed by atoms with van der Waals surface area (Å²) in [4.78, 5) is 30.9. The lowest BCUT2D eigenvalue weighted by atomic mass is 10.0. The lowest BCUT2D eigenvalue weighted by molar-refractivity contribution is -0.140. The van der Waals surface area contributed by atoms with Crippen LogP contribution >= 0.6 is 11.8 Å². The summed E-state index contributed by atoms with van der Waals surface area (Å²) in [7, 11) is -2.67. The van der Waals surface area contributed by atoms with E-state index in [-0.39, 0.29) is 35.5 Å². The molecule has 254 valence electrons. The summed E-state index contributed by atoms with van der Waals surface area (Å²) in [6.07, 6.45) is 2.13. The first-order chi connectivity index (χ1) is 23.0. The summed E-state index contributed by atoms with van der Waals surface area (Å²) in [6, 6.07) is 28.7. The molecule has 0 heterocycles. The Balaban J connectivity index is 1.81. The molecule has 48 heavy (non-hydrogen) atoms. The molecule has 1 atom stereocenters. The predicted molar refractivity (Wildman–Crippen MR) is 191 cm³/mol. The quantitative estimate of drug-likeness (QED) is 0.140. The van der Waals surface area contributed by atoms with Crippen LogP contribution in [0.1, 0.15) is 31.9 Å². The van der Waals surface area contributed by atoms with Crippen molar-refractivity contribution in [1.82, 2.24) is 10.2 Å². The fraction of sp³-hybridized carbons (Fsp3) is 0.297. The average Bonchev–Trinajstić information content (AvgIpc) is 3.09. The highest BCUT2D eigenvalue weighted by molar-refractivity contribution is 7.98. The summed E-state index contributed by atoms with van der Waals surface area (Å²) in [5.74, 6) is 0.282. The zero-order chi connectivity index (χ0) is 34.7. The van der Waals surface area contributed by atoms with E-state index in [0.29, 0.717) is 18.1 Å². The Morgan fingerprint density at radius 2 is 1.52 bits per heavy atom. The molecule has 0 aliphatic rings. The van der Waals surface area contributed by atoms with E-state index in [0.717, 1.165) is 20.3 Å². The van der Waals surface area contributed by atoms with Crippen molar-refractivity contribution in [3.8, 4) is 11.5 Å². The molecule has 0 spiro atoms. The number of amides is 2. The van der Waals surface area contributed by atoms with Crippen LogP contribution in [0.4, 0.5) is 5.69 Å². The number of sulfonamides is 1. The summed E-state index contributed by atoms with van der Waals surface area (Å²) < 4.78 is 40.7. The standard InChI is InChI=1S/C37H43N3O6S2/c1-6-46-31-17-15-30(16-18-31)40(48(43,44)34-21-19-33(47-5)20-22-34)26-36(41)39(25-29-13-10-14-32(23-29)45-4)35(37(42)38-27(2)3)24-28-11-8-7-9-12-28/h7-23,27,35H,6,24-26H2,1-5H3,(H,38,42)/t35-/m1/s1. The summed E-state index contributed by atoms with van der Waals surface area (Å²) in [6.45, 7) is 5.51. The van der Waals surface area contributed by atoms with Gasteiger partial charge in [-0.15, -0.1) is 11.8 Å². The molecule has 0 aliphatic heterocycles. The SMILES string of the molecule is CCOc1ccc(N(CC(=O)N(Cc2cccc(OC)c2)[C@H](Cc2ccccc2)C(=O)NC(C)C)S(=O)(=O)c2ccc(SC)cc2)cc1. The van der Waals surface area contributed by atoms with Gasteiger partial charge in [0, 0.05) is 23.9 Å². The Bertz CT molecular complexity index is 1750. The number of hydrogen-bond donors (Lipinski definition) is 1. The van der Waals surface area contributed by atoms with Crippen LogP contribution in [0.25, 0.3) is 0 Å². The molecule has 4 aromatic carbocycles. The topological polar surface area (TPSA) is 105 Å². The van der Waals surface area contributed by atoms with E-state index in [2.05, 4.69) is 5.32 Å². The largest absolute Gasteiger partial charge is 0.497 e. The molecule has 4 aromatic rings. The molecule has 9 nitrogen and oxygen atoms in total. The van der Waals surface area contributed by atoms with E-state index in [1.807, 2.05) is 69.5 Å². The number of anilines is 1. The normalized spacial score (nSPS) is 11.9. The fourth-order valence-electron chi connectivity index (χ4n) is 5.18. The summed E-state index contributed by atoms with van der Waals surface area (Å²) in [5.41, 5.74) is 1.87. The van der Waals surface area contributed by atoms with Gasteiger partial charge in [-0.3, -0.25) is 13.9 Å². The smallest absolute Gasteiger partial charge is 0.264 e. The van der Waals surface area contributed by atoms with E-state index >= 15 is 0 Å². The molecule has 0 aromatic heterocycles. The maximum atomic E-state index is 14.6. The molecular weight excluding hydrogens is 647 g/mol. The number of nitrogens with zero attached hydrogens (tertiary/aromatic N) is 2. The van der Waals surface area contributed by atoms with Crippen LogP contribution in [0.3, 0.4) is 0 Å². The molecule has 0 bridgehead atoms. The van der Waals surface area contributed by atoms with Gasteiger partial charge in [0.2, 0.25) is 11.8 Å². The molecule has 0 aliphatic carbocycles. The Morgan fingerprint density at radius 3 is 2.12 bits per heavy atom.